The van der Waals surface area contributed by atoms with Crippen LogP contribution in [0.4, 0.5) is 0 Å². The molecular weight excluding hydrogens is 264 g/mol. The Bertz CT molecular complexity index is 434. The largest absolute Gasteiger partial charge is 0.370 e. The predicted molar refractivity (Wildman–Crippen MR) is 73.8 cm³/mol. The molecule has 0 aromatic heterocycles. The fraction of sp³-hybridized carbons (Fsp3) is 0.929. The summed E-state index contributed by atoms with van der Waals surface area (Å²) in [6.07, 6.45) is 7.76. The standard InChI is InChI=1S/C14H24O4S/c1-18-14(8-3-4-9-14)13(15)11-6-5-7-12(10-11)19(2,16)17/h11-12H,3-10H2,1-2H3. The number of carbonyl (C=O) groups excluding carboxylic acids is 1. The molecule has 2 rings (SSSR count). The van der Waals surface area contributed by atoms with Gasteiger partial charge in [-0.05, 0) is 44.9 Å². The highest BCUT2D eigenvalue weighted by Gasteiger charge is 2.46. The van der Waals surface area contributed by atoms with Crippen molar-refractivity contribution in [2.24, 2.45) is 5.92 Å². The van der Waals surface area contributed by atoms with Crippen molar-refractivity contribution in [1.82, 2.24) is 0 Å². The topological polar surface area (TPSA) is 60.4 Å². The molecule has 2 atom stereocenters. The Balaban J connectivity index is 2.11. The smallest absolute Gasteiger partial charge is 0.167 e. The number of rotatable bonds is 4. The van der Waals surface area contributed by atoms with Crippen molar-refractivity contribution in [3.63, 3.8) is 0 Å². The maximum atomic E-state index is 12.7. The molecule has 0 spiro atoms. The van der Waals surface area contributed by atoms with Crippen LogP contribution in [0.15, 0.2) is 0 Å². The highest BCUT2D eigenvalue weighted by molar-refractivity contribution is 7.91. The first-order chi connectivity index (χ1) is 8.89. The van der Waals surface area contributed by atoms with E-state index >= 15 is 0 Å². The highest BCUT2D eigenvalue weighted by atomic mass is 32.2. The van der Waals surface area contributed by atoms with Crippen molar-refractivity contribution in [2.75, 3.05) is 13.4 Å². The predicted octanol–water partition coefficient (Wildman–Crippen LogP) is 2.12. The maximum absolute atomic E-state index is 12.7. The fourth-order valence-electron chi connectivity index (χ4n) is 3.64. The minimum Gasteiger partial charge on any atom is -0.370 e. The van der Waals surface area contributed by atoms with E-state index in [9.17, 15) is 13.2 Å². The molecule has 0 saturated heterocycles. The van der Waals surface area contributed by atoms with Gasteiger partial charge in [0, 0.05) is 19.3 Å². The number of ether oxygens (including phenoxy) is 1. The number of hydrogen-bond acceptors (Lipinski definition) is 4. The lowest BCUT2D eigenvalue weighted by molar-refractivity contribution is -0.145. The molecule has 2 aliphatic carbocycles. The lowest BCUT2D eigenvalue weighted by atomic mass is 9.78. The molecule has 2 unspecified atom stereocenters. The molecule has 2 fully saturated rings. The molecule has 2 saturated carbocycles. The van der Waals surface area contributed by atoms with Crippen LogP contribution in [0, 0.1) is 5.92 Å². The molecule has 0 radical (unpaired) electrons. The third kappa shape index (κ3) is 3.02. The average Bonchev–Trinajstić information content (AvgIpc) is 2.87. The van der Waals surface area contributed by atoms with E-state index in [2.05, 4.69) is 0 Å². The fourth-order valence-corrected chi connectivity index (χ4v) is 4.82. The number of hydrogen-bond donors (Lipinski definition) is 0. The van der Waals surface area contributed by atoms with Gasteiger partial charge < -0.3 is 4.74 Å². The molecular formula is C14H24O4S. The highest BCUT2D eigenvalue weighted by Crippen LogP contribution is 2.39. The number of ketones is 1. The normalized spacial score (nSPS) is 31.3. The molecule has 0 heterocycles. The number of sulfone groups is 1. The summed E-state index contributed by atoms with van der Waals surface area (Å²) in [5.41, 5.74) is -0.621. The summed E-state index contributed by atoms with van der Waals surface area (Å²) in [6.45, 7) is 0. The van der Waals surface area contributed by atoms with E-state index in [1.165, 1.54) is 6.26 Å². The molecule has 0 amide bonds. The Morgan fingerprint density at radius 1 is 1.16 bits per heavy atom. The Kier molecular flexibility index (Phi) is 4.35. The summed E-state index contributed by atoms with van der Waals surface area (Å²) in [7, 11) is -1.42. The average molecular weight is 288 g/mol. The lowest BCUT2D eigenvalue weighted by Gasteiger charge is -2.34. The van der Waals surface area contributed by atoms with Gasteiger partial charge >= 0.3 is 0 Å². The van der Waals surface area contributed by atoms with Gasteiger partial charge in [0.15, 0.2) is 5.78 Å². The van der Waals surface area contributed by atoms with Crippen molar-refractivity contribution < 1.29 is 17.9 Å². The third-order valence-electron chi connectivity index (χ3n) is 4.85. The monoisotopic (exact) mass is 288 g/mol. The SMILES string of the molecule is COC1(C(=O)C2CCCC(S(C)(=O)=O)C2)CCCC1. The molecule has 0 bridgehead atoms. The summed E-state index contributed by atoms with van der Waals surface area (Å²) in [4.78, 5) is 12.7. The Morgan fingerprint density at radius 2 is 1.79 bits per heavy atom. The Morgan fingerprint density at radius 3 is 2.32 bits per heavy atom. The molecule has 5 heteroatoms. The number of carbonyl (C=O) groups is 1. The van der Waals surface area contributed by atoms with Crippen molar-refractivity contribution in [3.05, 3.63) is 0 Å². The minimum atomic E-state index is -3.04. The summed E-state index contributed by atoms with van der Waals surface area (Å²) < 4.78 is 28.9. The summed E-state index contributed by atoms with van der Waals surface area (Å²) >= 11 is 0. The van der Waals surface area contributed by atoms with Crippen molar-refractivity contribution >= 4 is 15.6 Å². The maximum Gasteiger partial charge on any atom is 0.167 e. The lowest BCUT2D eigenvalue weighted by Crippen LogP contribution is -2.44. The van der Waals surface area contributed by atoms with E-state index < -0.39 is 15.4 Å². The third-order valence-corrected chi connectivity index (χ3v) is 6.49. The van der Waals surface area contributed by atoms with E-state index in [-0.39, 0.29) is 17.0 Å². The van der Waals surface area contributed by atoms with E-state index in [1.807, 2.05) is 0 Å². The zero-order valence-corrected chi connectivity index (χ0v) is 12.7. The molecule has 0 N–H and O–H groups in total. The van der Waals surface area contributed by atoms with Crippen LogP contribution in [0.1, 0.15) is 51.4 Å². The van der Waals surface area contributed by atoms with Crippen LogP contribution >= 0.6 is 0 Å². The molecule has 0 aliphatic heterocycles. The summed E-state index contributed by atoms with van der Waals surface area (Å²) in [5.74, 6) is 0.0207. The Hall–Kier alpha value is -0.420. The second-order valence-corrected chi connectivity index (χ2v) is 8.41. The molecule has 0 aromatic rings. The van der Waals surface area contributed by atoms with Gasteiger partial charge in [-0.15, -0.1) is 0 Å². The van der Waals surface area contributed by atoms with Crippen LogP contribution in [0.25, 0.3) is 0 Å². The van der Waals surface area contributed by atoms with Gasteiger partial charge in [0.1, 0.15) is 15.4 Å². The van der Waals surface area contributed by atoms with Crippen LogP contribution in [-0.2, 0) is 19.4 Å². The molecule has 2 aliphatic rings. The van der Waals surface area contributed by atoms with Crippen LogP contribution in [0.5, 0.6) is 0 Å². The van der Waals surface area contributed by atoms with Crippen molar-refractivity contribution in [1.29, 1.82) is 0 Å². The van der Waals surface area contributed by atoms with Crippen LogP contribution in [-0.4, -0.2) is 38.4 Å². The summed E-state index contributed by atoms with van der Waals surface area (Å²) in [6, 6.07) is 0. The van der Waals surface area contributed by atoms with E-state index in [1.54, 1.807) is 7.11 Å². The van der Waals surface area contributed by atoms with E-state index in [0.29, 0.717) is 12.8 Å². The number of methoxy groups -OCH3 is 1. The second-order valence-electron chi connectivity index (χ2n) is 6.08. The van der Waals surface area contributed by atoms with Gasteiger partial charge in [-0.2, -0.15) is 0 Å². The van der Waals surface area contributed by atoms with Gasteiger partial charge in [0.2, 0.25) is 0 Å². The zero-order chi connectivity index (χ0) is 14.1. The van der Waals surface area contributed by atoms with Gasteiger partial charge in [-0.1, -0.05) is 6.42 Å². The Labute approximate surface area is 115 Å². The van der Waals surface area contributed by atoms with Crippen molar-refractivity contribution in [3.8, 4) is 0 Å². The van der Waals surface area contributed by atoms with Gasteiger partial charge in [0.25, 0.3) is 0 Å². The summed E-state index contributed by atoms with van der Waals surface area (Å²) in [5, 5.41) is -0.342. The molecule has 4 nitrogen and oxygen atoms in total. The second kappa shape index (κ2) is 5.52. The first-order valence-electron chi connectivity index (χ1n) is 7.17. The molecule has 19 heavy (non-hydrogen) atoms. The van der Waals surface area contributed by atoms with Gasteiger partial charge in [-0.25, -0.2) is 8.42 Å². The van der Waals surface area contributed by atoms with Crippen LogP contribution in [0.2, 0.25) is 0 Å². The van der Waals surface area contributed by atoms with E-state index in [0.717, 1.165) is 38.5 Å². The van der Waals surface area contributed by atoms with E-state index in [4.69, 9.17) is 4.74 Å². The zero-order valence-electron chi connectivity index (χ0n) is 11.9. The quantitative estimate of drug-likeness (QED) is 0.795. The number of Topliss-reactive ketones (excluding diaryl/α,β-unsaturated/α-hetero) is 1. The first-order valence-corrected chi connectivity index (χ1v) is 9.13. The minimum absolute atomic E-state index is 0.133. The van der Waals surface area contributed by atoms with Crippen molar-refractivity contribution in [2.45, 2.75) is 62.2 Å². The van der Waals surface area contributed by atoms with Crippen LogP contribution in [0.3, 0.4) is 0 Å². The molecule has 0 aromatic carbocycles. The van der Waals surface area contributed by atoms with Gasteiger partial charge in [-0.3, -0.25) is 4.79 Å². The molecule has 110 valence electrons. The first kappa shape index (κ1) is 15.0. The van der Waals surface area contributed by atoms with Crippen LogP contribution < -0.4 is 0 Å². The van der Waals surface area contributed by atoms with Gasteiger partial charge in [0.05, 0.1) is 5.25 Å².